The first-order valence-electron chi connectivity index (χ1n) is 32.4. The minimum absolute atomic E-state index is 0.0299. The SMILES string of the molecule is C#CCN1CCC(C(=O)NC)(S(=O)(=O)c2ccc(Oc3ccc(OC(F)(F)F)cc3)cc2)CC1.CC(C)(C)[Si](C)(C)C.CC(C)(C)[Si](C)(C)C.CCCCN=[N+]=[N-].CCCCn1nncc1CN1CCC(C(=O)NC)(S(=O)(=O)c2ccc(Oc3ccc(OC(F)(F)F)cc3)cc2)CC1. The second-order valence-electron chi connectivity index (χ2n) is 27.7. The highest BCUT2D eigenvalue weighted by atomic mass is 32.2. The Morgan fingerprint density at radius 1 is 0.602 bits per heavy atom. The van der Waals surface area contributed by atoms with Gasteiger partial charge in [-0.1, -0.05) is 124 Å². The quantitative estimate of drug-likeness (QED) is 0.0132. The number of ether oxygens (including phenoxy) is 4. The van der Waals surface area contributed by atoms with Crippen LogP contribution in [-0.4, -0.2) is 145 Å². The van der Waals surface area contributed by atoms with Crippen LogP contribution in [0.15, 0.2) is 118 Å². The van der Waals surface area contributed by atoms with Crippen LogP contribution in [0, 0.1) is 12.3 Å². The van der Waals surface area contributed by atoms with Crippen molar-refractivity contribution in [2.45, 2.75) is 201 Å². The van der Waals surface area contributed by atoms with E-state index < -0.39 is 81.4 Å². The van der Waals surface area contributed by atoms with Crippen molar-refractivity contribution in [2.75, 3.05) is 53.4 Å². The molecule has 2 aliphatic heterocycles. The van der Waals surface area contributed by atoms with Gasteiger partial charge in [0.1, 0.15) is 34.5 Å². The number of hydrogen-bond acceptors (Lipinski definition) is 15. The molecule has 7 rings (SSSR count). The molecule has 544 valence electrons. The van der Waals surface area contributed by atoms with Gasteiger partial charge in [0.15, 0.2) is 29.2 Å². The van der Waals surface area contributed by atoms with Crippen molar-refractivity contribution in [3.8, 4) is 46.8 Å². The molecule has 2 fully saturated rings. The molecular formula is C68H100F6N10O10S2Si2. The smallest absolute Gasteiger partial charge is 0.457 e. The van der Waals surface area contributed by atoms with Gasteiger partial charge >= 0.3 is 12.7 Å². The molecule has 30 heteroatoms. The van der Waals surface area contributed by atoms with Crippen molar-refractivity contribution in [3.63, 3.8) is 0 Å². The summed E-state index contributed by atoms with van der Waals surface area (Å²) in [6.45, 7) is 36.5. The maximum Gasteiger partial charge on any atom is 0.573 e. The van der Waals surface area contributed by atoms with Gasteiger partial charge in [-0.15, -0.1) is 37.9 Å². The highest BCUT2D eigenvalue weighted by molar-refractivity contribution is 7.94. The fraction of sp³-hybridized carbons (Fsp3) is 0.559. The highest BCUT2D eigenvalue weighted by Crippen LogP contribution is 2.41. The number of rotatable bonds is 21. The van der Waals surface area contributed by atoms with E-state index in [0.29, 0.717) is 55.9 Å². The van der Waals surface area contributed by atoms with Crippen LogP contribution in [0.25, 0.3) is 10.4 Å². The van der Waals surface area contributed by atoms with Gasteiger partial charge in [-0.05, 0) is 151 Å². The standard InChI is InChI=1S/C27H32F3N5O5S.C23H23F3N2O5S.2C7H18Si.C4H9N3/c1-3-4-15-35-20(18-32-33-35)19-34-16-13-26(14-17-34,25(36)31-2)41(37,38)24-11-9-22(10-12-24)39-21-5-7-23(8-6-21)40-27(28,29)30;1-3-14-28-15-12-22(13-16-28,21(29)27-2)34(30,31)20-10-8-18(9-11-20)32-17-4-6-19(7-5-17)33-23(24,25)26;2*1-7(2,3)8(4,5)6;1-2-3-4-6-7-5/h5-12,18H,3-4,13-17,19H2,1-2H3,(H,31,36);1,4-11H,12-16H2,2H3,(H,27,29);2*1-6H3;2-4H2,1H3. The van der Waals surface area contributed by atoms with Gasteiger partial charge in [0.05, 0.1) is 28.2 Å². The summed E-state index contributed by atoms with van der Waals surface area (Å²) in [6.07, 6.45) is 1.96. The Labute approximate surface area is 577 Å². The van der Waals surface area contributed by atoms with Crippen molar-refractivity contribution in [1.29, 1.82) is 0 Å². The Kier molecular flexibility index (Phi) is 32.0. The summed E-state index contributed by atoms with van der Waals surface area (Å²) in [6, 6.07) is 20.7. The van der Waals surface area contributed by atoms with E-state index in [0.717, 1.165) is 62.2 Å². The van der Waals surface area contributed by atoms with E-state index in [1.165, 1.54) is 86.9 Å². The van der Waals surface area contributed by atoms with Gasteiger partial charge in [0.2, 0.25) is 11.8 Å². The van der Waals surface area contributed by atoms with Crippen molar-refractivity contribution in [2.24, 2.45) is 5.11 Å². The second kappa shape index (κ2) is 36.8. The topological polar surface area (TPSA) is 249 Å². The third-order valence-electron chi connectivity index (χ3n) is 17.8. The van der Waals surface area contributed by atoms with Crippen molar-refractivity contribution in [3.05, 3.63) is 119 Å². The number of carbonyl (C=O) groups excluding carboxylic acids is 2. The molecule has 2 aliphatic rings. The zero-order valence-corrected chi connectivity index (χ0v) is 63.1. The van der Waals surface area contributed by atoms with E-state index in [-0.39, 0.29) is 58.5 Å². The number of terminal acetylenes is 1. The minimum atomic E-state index is -4.80. The van der Waals surface area contributed by atoms with E-state index in [2.05, 4.69) is 146 Å². The zero-order valence-electron chi connectivity index (χ0n) is 59.5. The molecule has 0 atom stereocenters. The maximum absolute atomic E-state index is 13.9. The molecule has 20 nitrogen and oxygen atoms in total. The number of halogens is 6. The molecule has 4 aromatic carbocycles. The van der Waals surface area contributed by atoms with E-state index in [9.17, 15) is 52.8 Å². The van der Waals surface area contributed by atoms with E-state index in [1.807, 2.05) is 9.58 Å². The van der Waals surface area contributed by atoms with E-state index in [1.54, 1.807) is 6.20 Å². The molecule has 0 unspecified atom stereocenters. The number of nitrogens with zero attached hydrogens (tertiary/aromatic N) is 8. The molecule has 0 saturated carbocycles. The number of sulfone groups is 2. The van der Waals surface area contributed by atoms with Crippen molar-refractivity contribution in [1.82, 2.24) is 35.4 Å². The summed E-state index contributed by atoms with van der Waals surface area (Å²) in [5, 5.41) is 17.7. The number of piperidine rings is 2. The summed E-state index contributed by atoms with van der Waals surface area (Å²) < 4.78 is 146. The molecule has 0 bridgehead atoms. The number of benzene rings is 4. The van der Waals surface area contributed by atoms with Crippen LogP contribution in [0.2, 0.25) is 49.4 Å². The van der Waals surface area contributed by atoms with Gasteiger partial charge in [-0.3, -0.25) is 19.4 Å². The Morgan fingerprint density at radius 3 is 1.22 bits per heavy atom. The number of likely N-dealkylation sites (tertiary alicyclic amines) is 2. The number of aryl methyl sites for hydroxylation is 1. The lowest BCUT2D eigenvalue weighted by Crippen LogP contribution is -2.57. The lowest BCUT2D eigenvalue weighted by molar-refractivity contribution is -0.275. The zero-order chi connectivity index (χ0) is 74.2. The number of unbranched alkanes of at least 4 members (excludes halogenated alkanes) is 2. The second-order valence-corrected chi connectivity index (χ2v) is 44.2. The average Bonchev–Trinajstić information content (AvgIpc) is 0.949. The number of carbonyl (C=O) groups is 2. The summed E-state index contributed by atoms with van der Waals surface area (Å²) in [5.41, 5.74) is 8.69. The van der Waals surface area contributed by atoms with Crippen LogP contribution >= 0.6 is 0 Å². The summed E-state index contributed by atoms with van der Waals surface area (Å²) in [7, 11) is -7.05. The van der Waals surface area contributed by atoms with Gasteiger partial charge in [0, 0.05) is 81.0 Å². The number of alkyl halides is 6. The molecule has 0 spiro atoms. The number of nitrogens with one attached hydrogen (secondary N) is 2. The first-order chi connectivity index (χ1) is 45.4. The number of hydrogen-bond donors (Lipinski definition) is 2. The van der Waals surface area contributed by atoms with Crippen LogP contribution in [0.3, 0.4) is 0 Å². The molecule has 1 aromatic heterocycles. The number of azide groups is 1. The fourth-order valence-corrected chi connectivity index (χ4v) is 12.9. The Morgan fingerprint density at radius 2 is 0.929 bits per heavy atom. The van der Waals surface area contributed by atoms with Crippen LogP contribution < -0.4 is 29.6 Å². The summed E-state index contributed by atoms with van der Waals surface area (Å²) in [4.78, 5) is 32.4. The van der Waals surface area contributed by atoms with Gasteiger partial charge in [-0.2, -0.15) is 0 Å². The highest BCUT2D eigenvalue weighted by Gasteiger charge is 2.54. The predicted octanol–water partition coefficient (Wildman–Crippen LogP) is 16.0. The molecule has 2 amide bonds. The molecule has 5 aromatic rings. The maximum atomic E-state index is 13.9. The van der Waals surface area contributed by atoms with Gasteiger partial charge in [-0.25, -0.2) is 21.5 Å². The number of amides is 2. The Balaban J connectivity index is 0.000000389. The third kappa shape index (κ3) is 25.5. The third-order valence-corrected chi connectivity index (χ3v) is 31.8. The normalized spacial score (nSPS) is 15.2. The Hall–Kier alpha value is -7.14. The fourth-order valence-electron chi connectivity index (χ4n) is 8.88. The summed E-state index contributed by atoms with van der Waals surface area (Å²) in [5.74, 6) is 1.59. The van der Waals surface area contributed by atoms with Crippen molar-refractivity contribution < 1.29 is 71.7 Å². The molecule has 2 saturated heterocycles. The van der Waals surface area contributed by atoms with E-state index in [4.69, 9.17) is 21.4 Å². The molecule has 3 heterocycles. The first-order valence-corrected chi connectivity index (χ1v) is 42.3. The molecule has 0 radical (unpaired) electrons. The van der Waals surface area contributed by atoms with Crippen LogP contribution in [0.4, 0.5) is 26.3 Å². The molecule has 0 aliphatic carbocycles. The largest absolute Gasteiger partial charge is 0.573 e. The molecular weight excluding hydrogens is 1350 g/mol. The first kappa shape index (κ1) is 85.1. The average molecular weight is 1450 g/mol. The van der Waals surface area contributed by atoms with E-state index >= 15 is 0 Å². The van der Waals surface area contributed by atoms with Gasteiger partial charge in [0.25, 0.3) is 0 Å². The predicted molar refractivity (Wildman–Crippen MR) is 376 cm³/mol. The van der Waals surface area contributed by atoms with Gasteiger partial charge < -0.3 is 29.6 Å². The lowest BCUT2D eigenvalue weighted by atomic mass is 9.94. The van der Waals surface area contributed by atoms with Crippen LogP contribution in [-0.2, 0) is 42.4 Å². The lowest BCUT2D eigenvalue weighted by Gasteiger charge is -2.39. The molecule has 98 heavy (non-hydrogen) atoms. The molecule has 2 N–H and O–H groups in total. The van der Waals surface area contributed by atoms with Crippen LogP contribution in [0.5, 0.6) is 34.5 Å². The van der Waals surface area contributed by atoms with Crippen LogP contribution in [0.1, 0.15) is 112 Å². The van der Waals surface area contributed by atoms with Crippen molar-refractivity contribution >= 4 is 47.6 Å². The monoisotopic (exact) mass is 1450 g/mol. The number of aromatic nitrogens is 3. The summed E-state index contributed by atoms with van der Waals surface area (Å²) >= 11 is 0. The minimum Gasteiger partial charge on any atom is -0.457 e. The Bertz CT molecular complexity index is 3560.